The smallest absolute Gasteiger partial charge is 0.246 e. The van der Waals surface area contributed by atoms with E-state index in [2.05, 4.69) is 35.5 Å². The van der Waals surface area contributed by atoms with Crippen molar-refractivity contribution in [2.75, 3.05) is 32.2 Å². The molecule has 17 heavy (non-hydrogen) atoms. The molecule has 0 aromatic heterocycles. The zero-order valence-electron chi connectivity index (χ0n) is 10.3. The molecule has 2 rings (SSSR count). The van der Waals surface area contributed by atoms with Crippen LogP contribution in [0.15, 0.2) is 18.2 Å². The molecule has 4 nitrogen and oxygen atoms in total. The van der Waals surface area contributed by atoms with Crippen LogP contribution in [0.1, 0.15) is 11.1 Å². The molecule has 0 saturated heterocycles. The van der Waals surface area contributed by atoms with Crippen molar-refractivity contribution < 1.29 is 9.53 Å². The minimum Gasteiger partial charge on any atom is -0.375 e. The van der Waals surface area contributed by atoms with Crippen LogP contribution < -0.4 is 10.2 Å². The summed E-state index contributed by atoms with van der Waals surface area (Å²) in [6.45, 7) is 1.77. The zero-order valence-corrected chi connectivity index (χ0v) is 10.3. The third kappa shape index (κ3) is 2.77. The van der Waals surface area contributed by atoms with Crippen molar-refractivity contribution in [1.82, 2.24) is 5.32 Å². The number of fused-ring (bicyclic) bond motifs is 1. The second kappa shape index (κ2) is 5.19. The Morgan fingerprint density at radius 2 is 2.35 bits per heavy atom. The van der Waals surface area contributed by atoms with Crippen LogP contribution in [-0.2, 0) is 22.5 Å². The SMILES string of the molecule is COCC(=O)NCc1ccc2c(c1)CCN2C. The molecule has 1 aliphatic heterocycles. The Hall–Kier alpha value is -1.55. The van der Waals surface area contributed by atoms with Crippen LogP contribution in [0.3, 0.4) is 0 Å². The molecule has 1 aromatic rings. The first-order chi connectivity index (χ1) is 8.20. The summed E-state index contributed by atoms with van der Waals surface area (Å²) < 4.78 is 4.76. The molecule has 0 unspecified atom stereocenters. The van der Waals surface area contributed by atoms with E-state index < -0.39 is 0 Å². The number of hydrogen-bond donors (Lipinski definition) is 1. The van der Waals surface area contributed by atoms with Gasteiger partial charge in [0.1, 0.15) is 6.61 Å². The van der Waals surface area contributed by atoms with Gasteiger partial charge in [-0.05, 0) is 23.6 Å². The number of amides is 1. The van der Waals surface area contributed by atoms with E-state index in [1.54, 1.807) is 0 Å². The predicted octanol–water partition coefficient (Wildman–Crippen LogP) is 0.941. The van der Waals surface area contributed by atoms with Gasteiger partial charge in [0.15, 0.2) is 0 Å². The summed E-state index contributed by atoms with van der Waals surface area (Å²) in [7, 11) is 3.62. The molecule has 1 N–H and O–H groups in total. The molecule has 0 atom stereocenters. The Morgan fingerprint density at radius 3 is 3.12 bits per heavy atom. The maximum Gasteiger partial charge on any atom is 0.246 e. The summed E-state index contributed by atoms with van der Waals surface area (Å²) in [5.74, 6) is -0.0786. The van der Waals surface area contributed by atoms with Crippen LogP contribution >= 0.6 is 0 Å². The highest BCUT2D eigenvalue weighted by atomic mass is 16.5. The van der Waals surface area contributed by atoms with Gasteiger partial charge < -0.3 is 15.0 Å². The van der Waals surface area contributed by atoms with Gasteiger partial charge in [-0.25, -0.2) is 0 Å². The molecular formula is C13H18N2O2. The van der Waals surface area contributed by atoms with Crippen LogP contribution in [-0.4, -0.2) is 33.2 Å². The number of benzene rings is 1. The monoisotopic (exact) mass is 234 g/mol. The topological polar surface area (TPSA) is 41.6 Å². The van der Waals surface area contributed by atoms with Crippen LogP contribution in [0.2, 0.25) is 0 Å². The van der Waals surface area contributed by atoms with E-state index in [4.69, 9.17) is 4.74 Å². The fraction of sp³-hybridized carbons (Fsp3) is 0.462. The Bertz CT molecular complexity index is 418. The third-order valence-corrected chi connectivity index (χ3v) is 3.04. The highest BCUT2D eigenvalue weighted by Gasteiger charge is 2.15. The van der Waals surface area contributed by atoms with E-state index >= 15 is 0 Å². The molecule has 0 fully saturated rings. The van der Waals surface area contributed by atoms with Crippen LogP contribution in [0, 0.1) is 0 Å². The quantitative estimate of drug-likeness (QED) is 0.843. The average molecular weight is 234 g/mol. The number of hydrogen-bond acceptors (Lipinski definition) is 3. The Balaban J connectivity index is 1.97. The van der Waals surface area contributed by atoms with E-state index in [1.165, 1.54) is 18.4 Å². The third-order valence-electron chi connectivity index (χ3n) is 3.04. The second-order valence-electron chi connectivity index (χ2n) is 4.34. The number of rotatable bonds is 4. The number of nitrogens with one attached hydrogen (secondary N) is 1. The second-order valence-corrected chi connectivity index (χ2v) is 4.34. The van der Waals surface area contributed by atoms with Crippen molar-refractivity contribution in [1.29, 1.82) is 0 Å². The van der Waals surface area contributed by atoms with Crippen molar-refractivity contribution in [3.05, 3.63) is 29.3 Å². The van der Waals surface area contributed by atoms with Gasteiger partial charge >= 0.3 is 0 Å². The normalized spacial score (nSPS) is 13.6. The van der Waals surface area contributed by atoms with Crippen molar-refractivity contribution in [3.63, 3.8) is 0 Å². The molecule has 92 valence electrons. The van der Waals surface area contributed by atoms with Crippen LogP contribution in [0.25, 0.3) is 0 Å². The summed E-state index contributed by atoms with van der Waals surface area (Å²) in [5, 5.41) is 2.82. The average Bonchev–Trinajstić information content (AvgIpc) is 2.69. The van der Waals surface area contributed by atoms with Gasteiger partial charge in [-0.15, -0.1) is 0 Å². The summed E-state index contributed by atoms with van der Waals surface area (Å²) in [6.07, 6.45) is 1.09. The molecule has 1 aliphatic rings. The Kier molecular flexibility index (Phi) is 3.64. The summed E-state index contributed by atoms with van der Waals surface area (Å²) >= 11 is 0. The molecule has 0 saturated carbocycles. The lowest BCUT2D eigenvalue weighted by Gasteiger charge is -2.12. The maximum absolute atomic E-state index is 11.3. The number of likely N-dealkylation sites (N-methyl/N-ethyl adjacent to an activating group) is 1. The van der Waals surface area contributed by atoms with E-state index in [9.17, 15) is 4.79 Å². The largest absolute Gasteiger partial charge is 0.375 e. The first kappa shape index (κ1) is 11.9. The number of nitrogens with zero attached hydrogens (tertiary/aromatic N) is 1. The fourth-order valence-corrected chi connectivity index (χ4v) is 2.11. The van der Waals surface area contributed by atoms with Crippen molar-refractivity contribution >= 4 is 11.6 Å². The van der Waals surface area contributed by atoms with E-state index in [0.717, 1.165) is 18.5 Å². The lowest BCUT2D eigenvalue weighted by atomic mass is 10.1. The molecule has 0 spiro atoms. The summed E-state index contributed by atoms with van der Waals surface area (Å²) in [5.41, 5.74) is 3.81. The highest BCUT2D eigenvalue weighted by Crippen LogP contribution is 2.27. The highest BCUT2D eigenvalue weighted by molar-refractivity contribution is 5.77. The standard InChI is InChI=1S/C13H18N2O2/c1-15-6-5-11-7-10(3-4-12(11)15)8-14-13(16)9-17-2/h3-4,7H,5-6,8-9H2,1-2H3,(H,14,16). The predicted molar refractivity (Wildman–Crippen MR) is 67.1 cm³/mol. The molecular weight excluding hydrogens is 216 g/mol. The molecule has 0 bridgehead atoms. The molecule has 1 heterocycles. The number of anilines is 1. The van der Waals surface area contributed by atoms with Crippen molar-refractivity contribution in [2.45, 2.75) is 13.0 Å². The van der Waals surface area contributed by atoms with Gasteiger partial charge in [0.2, 0.25) is 5.91 Å². The molecule has 0 radical (unpaired) electrons. The van der Waals surface area contributed by atoms with E-state index in [1.807, 2.05) is 0 Å². The first-order valence-electron chi connectivity index (χ1n) is 5.79. The Morgan fingerprint density at radius 1 is 1.53 bits per heavy atom. The number of carbonyl (C=O) groups excluding carboxylic acids is 1. The first-order valence-corrected chi connectivity index (χ1v) is 5.79. The number of ether oxygens (including phenoxy) is 1. The Labute approximate surface area is 102 Å². The molecule has 1 amide bonds. The molecule has 4 heteroatoms. The van der Waals surface area contributed by atoms with Crippen molar-refractivity contribution in [3.8, 4) is 0 Å². The van der Waals surface area contributed by atoms with E-state index in [0.29, 0.717) is 6.54 Å². The number of carbonyl (C=O) groups is 1. The zero-order chi connectivity index (χ0) is 12.3. The van der Waals surface area contributed by atoms with Gasteiger partial charge in [-0.1, -0.05) is 12.1 Å². The van der Waals surface area contributed by atoms with Crippen molar-refractivity contribution in [2.24, 2.45) is 0 Å². The van der Waals surface area contributed by atoms with Gasteiger partial charge in [0.25, 0.3) is 0 Å². The molecule has 1 aromatic carbocycles. The summed E-state index contributed by atoms with van der Waals surface area (Å²) in [6, 6.07) is 6.36. The van der Waals surface area contributed by atoms with E-state index in [-0.39, 0.29) is 12.5 Å². The summed E-state index contributed by atoms with van der Waals surface area (Å²) in [4.78, 5) is 13.5. The maximum atomic E-state index is 11.3. The lowest BCUT2D eigenvalue weighted by Crippen LogP contribution is -2.26. The van der Waals surface area contributed by atoms with Gasteiger partial charge in [0, 0.05) is 32.9 Å². The minimum absolute atomic E-state index is 0.0786. The van der Waals surface area contributed by atoms with Gasteiger partial charge in [-0.2, -0.15) is 0 Å². The van der Waals surface area contributed by atoms with Crippen LogP contribution in [0.4, 0.5) is 5.69 Å². The van der Waals surface area contributed by atoms with Crippen LogP contribution in [0.5, 0.6) is 0 Å². The fourth-order valence-electron chi connectivity index (χ4n) is 2.11. The van der Waals surface area contributed by atoms with Gasteiger partial charge in [0.05, 0.1) is 0 Å². The minimum atomic E-state index is -0.0786. The molecule has 0 aliphatic carbocycles. The van der Waals surface area contributed by atoms with Gasteiger partial charge in [-0.3, -0.25) is 4.79 Å². The lowest BCUT2D eigenvalue weighted by molar-refractivity contribution is -0.124. The number of methoxy groups -OCH3 is 1.